The summed E-state index contributed by atoms with van der Waals surface area (Å²) in [6, 6.07) is 14.7. The molecule has 4 aromatic rings. The van der Waals surface area contributed by atoms with Gasteiger partial charge < -0.3 is 19.3 Å². The standard InChI is InChI=1S/C30H27FN2O6S/c1-4-5-14-39-22-13-8-18(15-23(22)38-3)26-25(27(34)17-6-10-20(37-2)11-7-17)28(35)29(36)33(26)30-32-21-12-9-19(31)16-24(21)40-30/h6-13,15-16,26,34H,4-5,14H2,1-3H3. The molecule has 0 saturated carbocycles. The van der Waals surface area contributed by atoms with Gasteiger partial charge in [0.15, 0.2) is 16.6 Å². The van der Waals surface area contributed by atoms with Crippen molar-refractivity contribution in [2.45, 2.75) is 25.8 Å². The van der Waals surface area contributed by atoms with Crippen LogP contribution < -0.4 is 19.1 Å². The smallest absolute Gasteiger partial charge is 0.301 e. The number of carbonyl (C=O) groups is 2. The Bertz CT molecular complexity index is 1610. The molecule has 1 fully saturated rings. The van der Waals surface area contributed by atoms with Gasteiger partial charge in [-0.25, -0.2) is 9.37 Å². The zero-order chi connectivity index (χ0) is 28.4. The summed E-state index contributed by atoms with van der Waals surface area (Å²) in [6.45, 7) is 2.57. The molecular formula is C30H27FN2O6S. The van der Waals surface area contributed by atoms with E-state index in [2.05, 4.69) is 11.9 Å². The van der Waals surface area contributed by atoms with Crippen molar-refractivity contribution in [1.29, 1.82) is 0 Å². The summed E-state index contributed by atoms with van der Waals surface area (Å²) < 4.78 is 31.1. The number of Topliss-reactive ketones (excluding diaryl/α,β-unsaturated/α-hetero) is 1. The van der Waals surface area contributed by atoms with Crippen LogP contribution in [0, 0.1) is 5.82 Å². The topological polar surface area (TPSA) is 98.2 Å². The Balaban J connectivity index is 1.68. The molecule has 1 aromatic heterocycles. The number of hydrogen-bond acceptors (Lipinski definition) is 8. The van der Waals surface area contributed by atoms with Crippen molar-refractivity contribution in [3.8, 4) is 17.2 Å². The average molecular weight is 563 g/mol. The van der Waals surface area contributed by atoms with E-state index in [0.717, 1.165) is 24.2 Å². The molecule has 2 heterocycles. The predicted octanol–water partition coefficient (Wildman–Crippen LogP) is 6.26. The fraction of sp³-hybridized carbons (Fsp3) is 0.233. The summed E-state index contributed by atoms with van der Waals surface area (Å²) in [5.74, 6) is -1.02. The first-order valence-corrected chi connectivity index (χ1v) is 13.5. The lowest BCUT2D eigenvalue weighted by Crippen LogP contribution is -2.29. The number of unbranched alkanes of at least 4 members (excludes halogenated alkanes) is 1. The van der Waals surface area contributed by atoms with Crippen molar-refractivity contribution in [3.63, 3.8) is 0 Å². The number of aliphatic hydroxyl groups excluding tert-OH is 1. The largest absolute Gasteiger partial charge is 0.507 e. The highest BCUT2D eigenvalue weighted by Gasteiger charge is 2.48. The second-order valence-electron chi connectivity index (χ2n) is 9.12. The number of rotatable bonds is 9. The van der Waals surface area contributed by atoms with Crippen LogP contribution >= 0.6 is 11.3 Å². The zero-order valence-electron chi connectivity index (χ0n) is 22.1. The second kappa shape index (κ2) is 11.4. The lowest BCUT2D eigenvalue weighted by molar-refractivity contribution is -0.132. The molecule has 0 bridgehead atoms. The lowest BCUT2D eigenvalue weighted by Gasteiger charge is -2.24. The predicted molar refractivity (Wildman–Crippen MR) is 151 cm³/mol. The van der Waals surface area contributed by atoms with Gasteiger partial charge in [0.2, 0.25) is 0 Å². The molecule has 1 saturated heterocycles. The van der Waals surface area contributed by atoms with Gasteiger partial charge in [-0.1, -0.05) is 30.7 Å². The highest BCUT2D eigenvalue weighted by atomic mass is 32.1. The van der Waals surface area contributed by atoms with E-state index in [1.165, 1.54) is 37.3 Å². The molecule has 3 aromatic carbocycles. The number of methoxy groups -OCH3 is 2. The van der Waals surface area contributed by atoms with E-state index in [1.807, 2.05) is 0 Å². The minimum atomic E-state index is -1.04. The molecule has 40 heavy (non-hydrogen) atoms. The minimum Gasteiger partial charge on any atom is -0.507 e. The molecule has 1 N–H and O–H groups in total. The molecule has 5 rings (SSSR count). The first-order valence-electron chi connectivity index (χ1n) is 12.7. The van der Waals surface area contributed by atoms with Gasteiger partial charge in [-0.3, -0.25) is 14.5 Å². The van der Waals surface area contributed by atoms with Crippen LogP contribution in [-0.4, -0.2) is 42.6 Å². The summed E-state index contributed by atoms with van der Waals surface area (Å²) in [7, 11) is 3.02. The summed E-state index contributed by atoms with van der Waals surface area (Å²) in [5.41, 5.74) is 1.21. The van der Waals surface area contributed by atoms with Gasteiger partial charge in [0.1, 0.15) is 17.3 Å². The van der Waals surface area contributed by atoms with Crippen LogP contribution in [0.25, 0.3) is 16.0 Å². The fourth-order valence-electron chi connectivity index (χ4n) is 4.54. The third kappa shape index (κ3) is 4.98. The lowest BCUT2D eigenvalue weighted by atomic mass is 9.95. The van der Waals surface area contributed by atoms with E-state index in [-0.39, 0.29) is 16.5 Å². The van der Waals surface area contributed by atoms with Crippen molar-refractivity contribution >= 4 is 44.1 Å². The van der Waals surface area contributed by atoms with Gasteiger partial charge in [-0.05, 0) is 66.6 Å². The highest BCUT2D eigenvalue weighted by Crippen LogP contribution is 2.46. The Kier molecular flexibility index (Phi) is 7.70. The molecule has 1 unspecified atom stereocenters. The van der Waals surface area contributed by atoms with Crippen molar-refractivity contribution in [3.05, 3.63) is 83.2 Å². The van der Waals surface area contributed by atoms with Crippen LogP contribution in [0.1, 0.15) is 36.9 Å². The molecule has 0 aliphatic carbocycles. The minimum absolute atomic E-state index is 0.109. The van der Waals surface area contributed by atoms with Gasteiger partial charge in [-0.2, -0.15) is 0 Å². The Labute approximate surface area is 234 Å². The number of ketones is 1. The van der Waals surface area contributed by atoms with Crippen molar-refractivity contribution in [2.75, 3.05) is 25.7 Å². The number of ether oxygens (including phenoxy) is 3. The summed E-state index contributed by atoms with van der Waals surface area (Å²) >= 11 is 1.08. The molecule has 1 amide bonds. The number of anilines is 1. The Morgan fingerprint density at radius 2 is 1.80 bits per heavy atom. The van der Waals surface area contributed by atoms with Crippen LogP contribution in [0.4, 0.5) is 9.52 Å². The van der Waals surface area contributed by atoms with E-state index in [1.54, 1.807) is 42.5 Å². The van der Waals surface area contributed by atoms with Crippen molar-refractivity contribution < 1.29 is 33.3 Å². The maximum atomic E-state index is 13.9. The summed E-state index contributed by atoms with van der Waals surface area (Å²) in [5, 5.41) is 11.6. The summed E-state index contributed by atoms with van der Waals surface area (Å²) in [4.78, 5) is 32.8. The molecule has 8 nitrogen and oxygen atoms in total. The molecule has 1 atom stereocenters. The number of thiazole rings is 1. The normalized spacial score (nSPS) is 16.5. The number of aliphatic hydroxyl groups is 1. The van der Waals surface area contributed by atoms with Crippen molar-refractivity contribution in [2.24, 2.45) is 0 Å². The molecule has 0 spiro atoms. The van der Waals surface area contributed by atoms with Crippen molar-refractivity contribution in [1.82, 2.24) is 4.98 Å². The van der Waals surface area contributed by atoms with E-state index in [4.69, 9.17) is 14.2 Å². The fourth-order valence-corrected chi connectivity index (χ4v) is 5.56. The number of halogens is 1. The zero-order valence-corrected chi connectivity index (χ0v) is 23.0. The molecule has 206 valence electrons. The van der Waals surface area contributed by atoms with Gasteiger partial charge in [-0.15, -0.1) is 0 Å². The SMILES string of the molecule is CCCCOc1ccc(C2C(=C(O)c3ccc(OC)cc3)C(=O)C(=O)N2c2nc3ccc(F)cc3s2)cc1OC. The number of amides is 1. The van der Waals surface area contributed by atoms with E-state index >= 15 is 0 Å². The molecule has 10 heteroatoms. The van der Waals surface area contributed by atoms with Gasteiger partial charge in [0.05, 0.1) is 42.7 Å². The number of fused-ring (bicyclic) bond motifs is 1. The van der Waals surface area contributed by atoms with E-state index in [9.17, 15) is 19.1 Å². The average Bonchev–Trinajstić information content (AvgIpc) is 3.50. The third-order valence-corrected chi connectivity index (χ3v) is 7.63. The maximum absolute atomic E-state index is 13.9. The van der Waals surface area contributed by atoms with Gasteiger partial charge in [0.25, 0.3) is 5.78 Å². The van der Waals surface area contributed by atoms with E-state index < -0.39 is 23.5 Å². The number of carbonyl (C=O) groups excluding carboxylic acids is 2. The first-order chi connectivity index (χ1) is 19.4. The summed E-state index contributed by atoms with van der Waals surface area (Å²) in [6.07, 6.45) is 1.83. The number of benzene rings is 3. The first kappa shape index (κ1) is 27.1. The molecule has 1 aliphatic heterocycles. The Hall–Kier alpha value is -4.44. The monoisotopic (exact) mass is 562 g/mol. The van der Waals surface area contributed by atoms with Gasteiger partial charge in [0, 0.05) is 5.56 Å². The third-order valence-electron chi connectivity index (χ3n) is 6.61. The quantitative estimate of drug-likeness (QED) is 0.111. The molecule has 0 radical (unpaired) electrons. The van der Waals surface area contributed by atoms with Crippen LogP contribution in [0.15, 0.2) is 66.2 Å². The Morgan fingerprint density at radius 3 is 2.50 bits per heavy atom. The molecule has 1 aliphatic rings. The number of nitrogens with zero attached hydrogens (tertiary/aromatic N) is 2. The number of aromatic nitrogens is 1. The number of hydrogen-bond donors (Lipinski definition) is 1. The van der Waals surface area contributed by atoms with Crippen LogP contribution in [0.3, 0.4) is 0 Å². The second-order valence-corrected chi connectivity index (χ2v) is 10.1. The van der Waals surface area contributed by atoms with E-state index in [0.29, 0.717) is 45.2 Å². The van der Waals surface area contributed by atoms with Crippen LogP contribution in [0.2, 0.25) is 0 Å². The van der Waals surface area contributed by atoms with Crippen LogP contribution in [0.5, 0.6) is 17.2 Å². The maximum Gasteiger partial charge on any atom is 0.301 e. The van der Waals surface area contributed by atoms with Gasteiger partial charge >= 0.3 is 5.91 Å². The highest BCUT2D eigenvalue weighted by molar-refractivity contribution is 7.22. The Morgan fingerprint density at radius 1 is 1.02 bits per heavy atom. The molecular weight excluding hydrogens is 535 g/mol. The van der Waals surface area contributed by atoms with Crippen LogP contribution in [-0.2, 0) is 9.59 Å².